The van der Waals surface area contributed by atoms with Gasteiger partial charge < -0.3 is 10.1 Å². The van der Waals surface area contributed by atoms with E-state index < -0.39 is 0 Å². The van der Waals surface area contributed by atoms with Gasteiger partial charge in [0.2, 0.25) is 0 Å². The molecule has 0 bridgehead atoms. The topological polar surface area (TPSA) is 64.4 Å². The number of nitrogens with zero attached hydrogens (tertiary/aromatic N) is 1. The van der Waals surface area contributed by atoms with Crippen molar-refractivity contribution in [3.63, 3.8) is 0 Å². The molecule has 5 nitrogen and oxygen atoms in total. The lowest BCUT2D eigenvalue weighted by atomic mass is 9.76. The number of halogens is 1. The van der Waals surface area contributed by atoms with Crippen LogP contribution in [0.15, 0.2) is 53.0 Å². The SMILES string of the molecule is CCOc1cc2c(c([N+](=O)[O-])c1)NC(c1ccccc1Br)C1CC=CC21. The van der Waals surface area contributed by atoms with Gasteiger partial charge in [0.25, 0.3) is 5.69 Å². The largest absolute Gasteiger partial charge is 0.494 e. The van der Waals surface area contributed by atoms with Crippen molar-refractivity contribution in [3.05, 3.63) is 74.3 Å². The summed E-state index contributed by atoms with van der Waals surface area (Å²) in [5, 5.41) is 15.2. The first-order chi connectivity index (χ1) is 12.6. The molecule has 1 N–H and O–H groups in total. The van der Waals surface area contributed by atoms with Crippen molar-refractivity contribution in [1.29, 1.82) is 0 Å². The van der Waals surface area contributed by atoms with Crippen molar-refractivity contribution < 1.29 is 9.66 Å². The average Bonchev–Trinajstić information content (AvgIpc) is 3.11. The van der Waals surface area contributed by atoms with Gasteiger partial charge in [-0.1, -0.05) is 46.3 Å². The van der Waals surface area contributed by atoms with E-state index in [4.69, 9.17) is 4.74 Å². The number of nitrogens with one attached hydrogen (secondary N) is 1. The van der Waals surface area contributed by atoms with E-state index in [1.54, 1.807) is 0 Å². The number of fused-ring (bicyclic) bond motifs is 3. The molecule has 2 aliphatic rings. The molecule has 1 heterocycles. The van der Waals surface area contributed by atoms with Crippen LogP contribution >= 0.6 is 15.9 Å². The fourth-order valence-corrected chi connectivity index (χ4v) is 4.62. The van der Waals surface area contributed by atoms with Crippen LogP contribution in [0.25, 0.3) is 0 Å². The molecule has 2 aromatic rings. The smallest absolute Gasteiger partial charge is 0.296 e. The lowest BCUT2D eigenvalue weighted by Gasteiger charge is -2.37. The zero-order valence-corrected chi connectivity index (χ0v) is 15.9. The van der Waals surface area contributed by atoms with E-state index in [2.05, 4.69) is 39.5 Å². The van der Waals surface area contributed by atoms with Crippen molar-refractivity contribution >= 4 is 27.3 Å². The summed E-state index contributed by atoms with van der Waals surface area (Å²) in [5.41, 5.74) is 2.75. The molecule has 134 valence electrons. The van der Waals surface area contributed by atoms with Crippen molar-refractivity contribution in [3.8, 4) is 5.75 Å². The van der Waals surface area contributed by atoms with Gasteiger partial charge in [0, 0.05) is 10.4 Å². The van der Waals surface area contributed by atoms with Gasteiger partial charge in [-0.15, -0.1) is 0 Å². The van der Waals surface area contributed by atoms with Crippen LogP contribution in [0.2, 0.25) is 0 Å². The van der Waals surface area contributed by atoms with Crippen LogP contribution in [0.1, 0.15) is 36.4 Å². The maximum Gasteiger partial charge on any atom is 0.296 e. The van der Waals surface area contributed by atoms with Gasteiger partial charge >= 0.3 is 0 Å². The standard InChI is InChI=1S/C20H19BrN2O3/c1-2-26-12-10-16-13-7-5-8-14(13)19(15-6-3-4-9-17(15)21)22-20(16)18(11-12)23(24)25/h3-7,9-11,13-14,19,22H,2,8H2,1H3. The second-order valence-electron chi connectivity index (χ2n) is 6.59. The highest BCUT2D eigenvalue weighted by molar-refractivity contribution is 9.10. The van der Waals surface area contributed by atoms with E-state index in [-0.39, 0.29) is 22.6 Å². The number of allylic oxidation sites excluding steroid dienone is 2. The summed E-state index contributed by atoms with van der Waals surface area (Å²) in [5.74, 6) is 1.01. The Balaban J connectivity index is 1.87. The van der Waals surface area contributed by atoms with Gasteiger partial charge in [-0.05, 0) is 42.5 Å². The molecule has 0 fully saturated rings. The van der Waals surface area contributed by atoms with Gasteiger partial charge in [-0.2, -0.15) is 0 Å². The summed E-state index contributed by atoms with van der Waals surface area (Å²) in [6, 6.07) is 11.5. The Bertz CT molecular complexity index is 897. The highest BCUT2D eigenvalue weighted by atomic mass is 79.9. The van der Waals surface area contributed by atoms with E-state index in [1.165, 1.54) is 6.07 Å². The van der Waals surface area contributed by atoms with Crippen LogP contribution in [-0.2, 0) is 0 Å². The molecule has 0 saturated heterocycles. The Morgan fingerprint density at radius 3 is 2.85 bits per heavy atom. The predicted molar refractivity (Wildman–Crippen MR) is 105 cm³/mol. The van der Waals surface area contributed by atoms with Gasteiger partial charge in [0.15, 0.2) is 0 Å². The minimum atomic E-state index is -0.329. The highest BCUT2D eigenvalue weighted by Crippen LogP contribution is 2.53. The molecular weight excluding hydrogens is 396 g/mol. The maximum absolute atomic E-state index is 11.7. The number of nitro benzene ring substituents is 1. The molecule has 3 unspecified atom stereocenters. The number of anilines is 1. The summed E-state index contributed by atoms with van der Waals surface area (Å²) in [6.45, 7) is 2.36. The van der Waals surface area contributed by atoms with Crippen molar-refractivity contribution in [2.24, 2.45) is 5.92 Å². The van der Waals surface area contributed by atoms with Gasteiger partial charge in [-0.25, -0.2) is 0 Å². The minimum absolute atomic E-state index is 0.00900. The van der Waals surface area contributed by atoms with Crippen LogP contribution in [0, 0.1) is 16.0 Å². The third-order valence-electron chi connectivity index (χ3n) is 5.17. The molecule has 3 atom stereocenters. The lowest BCUT2D eigenvalue weighted by Crippen LogP contribution is -2.30. The van der Waals surface area contributed by atoms with Gasteiger partial charge in [0.05, 0.1) is 23.6 Å². The Labute approximate surface area is 160 Å². The molecule has 2 aromatic carbocycles. The van der Waals surface area contributed by atoms with Crippen molar-refractivity contribution in [2.45, 2.75) is 25.3 Å². The minimum Gasteiger partial charge on any atom is -0.494 e. The number of hydrogen-bond acceptors (Lipinski definition) is 4. The van der Waals surface area contributed by atoms with Crippen molar-refractivity contribution in [2.75, 3.05) is 11.9 Å². The normalized spacial score (nSPS) is 23.1. The number of hydrogen-bond donors (Lipinski definition) is 1. The zero-order chi connectivity index (χ0) is 18.3. The second kappa shape index (κ2) is 6.76. The molecule has 0 radical (unpaired) electrons. The molecule has 0 amide bonds. The fraction of sp³-hybridized carbons (Fsp3) is 0.300. The molecule has 26 heavy (non-hydrogen) atoms. The second-order valence-corrected chi connectivity index (χ2v) is 7.45. The molecule has 0 aromatic heterocycles. The molecule has 1 aliphatic heterocycles. The van der Waals surface area contributed by atoms with E-state index in [0.29, 0.717) is 24.0 Å². The first-order valence-electron chi connectivity index (χ1n) is 8.73. The predicted octanol–water partition coefficient (Wildman–Crippen LogP) is 5.58. The monoisotopic (exact) mass is 414 g/mol. The van der Waals surface area contributed by atoms with E-state index in [9.17, 15) is 10.1 Å². The quantitative estimate of drug-likeness (QED) is 0.402. The molecule has 0 spiro atoms. The summed E-state index contributed by atoms with van der Waals surface area (Å²) in [6.07, 6.45) is 5.29. The van der Waals surface area contributed by atoms with Crippen LogP contribution < -0.4 is 10.1 Å². The highest BCUT2D eigenvalue weighted by Gasteiger charge is 2.41. The lowest BCUT2D eigenvalue weighted by molar-refractivity contribution is -0.384. The number of ether oxygens (including phenoxy) is 1. The maximum atomic E-state index is 11.7. The zero-order valence-electron chi connectivity index (χ0n) is 14.3. The van der Waals surface area contributed by atoms with E-state index in [0.717, 1.165) is 22.0 Å². The Morgan fingerprint density at radius 2 is 2.12 bits per heavy atom. The van der Waals surface area contributed by atoms with Crippen molar-refractivity contribution in [1.82, 2.24) is 0 Å². The van der Waals surface area contributed by atoms with Gasteiger partial charge in [-0.3, -0.25) is 10.1 Å². The van der Waals surface area contributed by atoms with Crippen LogP contribution in [0.3, 0.4) is 0 Å². The van der Waals surface area contributed by atoms with E-state index >= 15 is 0 Å². The number of rotatable bonds is 4. The van der Waals surface area contributed by atoms with Crippen LogP contribution in [0.4, 0.5) is 11.4 Å². The number of nitro groups is 1. The first-order valence-corrected chi connectivity index (χ1v) is 9.52. The third kappa shape index (κ3) is 2.78. The molecule has 4 rings (SSSR count). The summed E-state index contributed by atoms with van der Waals surface area (Å²) < 4.78 is 6.59. The summed E-state index contributed by atoms with van der Waals surface area (Å²) in [4.78, 5) is 11.4. The Morgan fingerprint density at radius 1 is 1.31 bits per heavy atom. The van der Waals surface area contributed by atoms with E-state index in [1.807, 2.05) is 31.2 Å². The Kier molecular flexibility index (Phi) is 4.44. The Hall–Kier alpha value is -2.34. The summed E-state index contributed by atoms with van der Waals surface area (Å²) >= 11 is 3.63. The van der Waals surface area contributed by atoms with Crippen LogP contribution in [-0.4, -0.2) is 11.5 Å². The summed E-state index contributed by atoms with van der Waals surface area (Å²) in [7, 11) is 0. The molecule has 1 aliphatic carbocycles. The number of benzene rings is 2. The third-order valence-corrected chi connectivity index (χ3v) is 5.89. The van der Waals surface area contributed by atoms with Crippen LogP contribution in [0.5, 0.6) is 5.75 Å². The fourth-order valence-electron chi connectivity index (χ4n) is 4.08. The van der Waals surface area contributed by atoms with Gasteiger partial charge in [0.1, 0.15) is 11.4 Å². The molecule has 0 saturated carbocycles. The first kappa shape index (κ1) is 17.1. The molecule has 6 heteroatoms. The average molecular weight is 415 g/mol. The molecular formula is C20H19BrN2O3.